The molecule has 2 N–H and O–H groups in total. The highest BCUT2D eigenvalue weighted by Gasteiger charge is 2.26. The first-order valence-electron chi connectivity index (χ1n) is 12.5. The van der Waals surface area contributed by atoms with Crippen LogP contribution in [0.15, 0.2) is 105 Å². The Hall–Kier alpha value is -2.53. The maximum atomic E-state index is 13.2. The minimum absolute atomic E-state index is 0.0707. The van der Waals surface area contributed by atoms with Crippen molar-refractivity contribution in [2.24, 2.45) is 5.10 Å². The molecule has 0 spiro atoms. The number of methoxy groups -OCH3 is 1. The molecule has 0 aliphatic rings. The van der Waals surface area contributed by atoms with Crippen molar-refractivity contribution in [3.63, 3.8) is 0 Å². The molecule has 0 unspecified atom stereocenters. The van der Waals surface area contributed by atoms with Crippen LogP contribution in [0.25, 0.3) is 0 Å². The summed E-state index contributed by atoms with van der Waals surface area (Å²) < 4.78 is 43.0. The van der Waals surface area contributed by atoms with Gasteiger partial charge < -0.3 is 9.47 Å². The first-order valence-corrected chi connectivity index (χ1v) is 17.0. The van der Waals surface area contributed by atoms with E-state index in [-0.39, 0.29) is 11.3 Å². The summed E-state index contributed by atoms with van der Waals surface area (Å²) in [5.41, 5.74) is 4.94. The molecule has 0 saturated carbocycles. The van der Waals surface area contributed by atoms with E-state index in [4.69, 9.17) is 9.47 Å². The lowest BCUT2D eigenvalue weighted by Crippen LogP contribution is -2.46. The topological polar surface area (TPSA) is 106 Å². The molecule has 8 nitrogen and oxygen atoms in total. The van der Waals surface area contributed by atoms with Gasteiger partial charge >= 0.3 is 0 Å². The minimum atomic E-state index is -3.97. The highest BCUT2D eigenvalue weighted by molar-refractivity contribution is 14.1. The SMILES string of the molecule is COc1cc(/C=N\NC(=O)[C@H](Cc2ccccc2)NS(=O)(=O)c2ccc(I)cc2)cc(I)c1OCc1ccc(Br)cc1. The number of sulfonamides is 1. The fourth-order valence-electron chi connectivity index (χ4n) is 3.85. The molecular formula is C30H26BrI2N3O5S. The van der Waals surface area contributed by atoms with Gasteiger partial charge in [-0.3, -0.25) is 4.79 Å². The number of amides is 1. The van der Waals surface area contributed by atoms with Crippen LogP contribution in [0.4, 0.5) is 0 Å². The van der Waals surface area contributed by atoms with Gasteiger partial charge in [-0.1, -0.05) is 58.4 Å². The molecule has 4 rings (SSSR count). The Kier molecular flexibility index (Phi) is 11.8. The number of rotatable bonds is 12. The fourth-order valence-corrected chi connectivity index (χ4v) is 6.45. The van der Waals surface area contributed by atoms with Gasteiger partial charge in [0.25, 0.3) is 5.91 Å². The third-order valence-corrected chi connectivity index (χ3v) is 9.49. The van der Waals surface area contributed by atoms with Crippen molar-refractivity contribution in [3.05, 3.63) is 119 Å². The van der Waals surface area contributed by atoms with Crippen LogP contribution < -0.4 is 19.6 Å². The van der Waals surface area contributed by atoms with Crippen LogP contribution in [0.3, 0.4) is 0 Å². The number of nitrogens with zero attached hydrogens (tertiary/aromatic N) is 1. The Bertz CT molecular complexity index is 1650. The van der Waals surface area contributed by atoms with Gasteiger partial charge in [0.05, 0.1) is 21.8 Å². The summed E-state index contributed by atoms with van der Waals surface area (Å²) in [4.78, 5) is 13.3. The average molecular weight is 874 g/mol. The van der Waals surface area contributed by atoms with E-state index in [2.05, 4.69) is 76.4 Å². The molecule has 0 saturated heterocycles. The van der Waals surface area contributed by atoms with Crippen LogP contribution in [0, 0.1) is 7.14 Å². The number of hydrogen-bond acceptors (Lipinski definition) is 6. The van der Waals surface area contributed by atoms with Gasteiger partial charge in [0.2, 0.25) is 10.0 Å². The largest absolute Gasteiger partial charge is 0.493 e. The van der Waals surface area contributed by atoms with Crippen molar-refractivity contribution in [2.75, 3.05) is 7.11 Å². The predicted molar refractivity (Wildman–Crippen MR) is 183 cm³/mol. The number of halogens is 3. The first-order chi connectivity index (χ1) is 20.1. The predicted octanol–water partition coefficient (Wildman–Crippen LogP) is 6.29. The molecule has 0 aliphatic carbocycles. The van der Waals surface area contributed by atoms with Crippen LogP contribution in [-0.2, 0) is 27.8 Å². The molecular weight excluding hydrogens is 848 g/mol. The van der Waals surface area contributed by atoms with E-state index in [1.54, 1.807) is 25.3 Å². The molecule has 1 atom stereocenters. The van der Waals surface area contributed by atoms with Crippen molar-refractivity contribution in [1.82, 2.24) is 10.1 Å². The van der Waals surface area contributed by atoms with Crippen molar-refractivity contribution in [1.29, 1.82) is 0 Å². The van der Waals surface area contributed by atoms with Crippen LogP contribution in [0.5, 0.6) is 11.5 Å². The van der Waals surface area contributed by atoms with Gasteiger partial charge in [0.1, 0.15) is 12.6 Å². The monoisotopic (exact) mass is 873 g/mol. The summed E-state index contributed by atoms with van der Waals surface area (Å²) in [7, 11) is -2.42. The summed E-state index contributed by atoms with van der Waals surface area (Å²) >= 11 is 7.68. The smallest absolute Gasteiger partial charge is 0.258 e. The second-order valence-corrected chi connectivity index (χ2v) is 14.0. The lowest BCUT2D eigenvalue weighted by Gasteiger charge is -2.17. The molecule has 0 heterocycles. The van der Waals surface area contributed by atoms with Crippen LogP contribution >= 0.6 is 61.1 Å². The molecule has 0 bridgehead atoms. The fraction of sp³-hybridized carbons (Fsp3) is 0.133. The Balaban J connectivity index is 1.48. The number of hydrogen-bond donors (Lipinski definition) is 2. The van der Waals surface area contributed by atoms with E-state index in [1.165, 1.54) is 18.3 Å². The number of benzene rings is 4. The van der Waals surface area contributed by atoms with Crippen molar-refractivity contribution >= 4 is 83.3 Å². The number of hydrazone groups is 1. The molecule has 0 aromatic heterocycles. The highest BCUT2D eigenvalue weighted by atomic mass is 127. The van der Waals surface area contributed by atoms with Gasteiger partial charge in [0.15, 0.2) is 11.5 Å². The summed E-state index contributed by atoms with van der Waals surface area (Å²) in [6.07, 6.45) is 1.61. The maximum absolute atomic E-state index is 13.2. The van der Waals surface area contributed by atoms with E-state index in [1.807, 2.05) is 60.7 Å². The van der Waals surface area contributed by atoms with Crippen LogP contribution in [-0.4, -0.2) is 33.7 Å². The van der Waals surface area contributed by atoms with Gasteiger partial charge in [0, 0.05) is 8.04 Å². The lowest BCUT2D eigenvalue weighted by molar-refractivity contribution is -0.122. The van der Waals surface area contributed by atoms with E-state index in [9.17, 15) is 13.2 Å². The molecule has 4 aromatic rings. The standard InChI is InChI=1S/C30H26BrI2N3O5S/c1-40-28-17-22(15-26(33)29(28)41-19-21-7-9-23(31)10-8-21)18-34-35-30(37)27(16-20-5-3-2-4-6-20)36-42(38,39)25-13-11-24(32)12-14-25/h2-15,17-18,27,36H,16,19H2,1H3,(H,35,37)/b34-18-/t27-/m0/s1. The van der Waals surface area contributed by atoms with Crippen molar-refractivity contribution in [3.8, 4) is 11.5 Å². The summed E-state index contributed by atoms with van der Waals surface area (Å²) in [5, 5.41) is 4.10. The Labute approximate surface area is 280 Å². The number of ether oxygens (including phenoxy) is 2. The zero-order chi connectivity index (χ0) is 30.1. The van der Waals surface area contributed by atoms with E-state index in [0.717, 1.165) is 22.7 Å². The highest BCUT2D eigenvalue weighted by Crippen LogP contribution is 2.34. The Morgan fingerprint density at radius 3 is 2.33 bits per heavy atom. The molecule has 0 aliphatic heterocycles. The van der Waals surface area contributed by atoms with Gasteiger partial charge in [-0.05, 0) is 117 Å². The quantitative estimate of drug-likeness (QED) is 0.0991. The van der Waals surface area contributed by atoms with Crippen molar-refractivity contribution in [2.45, 2.75) is 24.0 Å². The molecule has 4 aromatic carbocycles. The molecule has 42 heavy (non-hydrogen) atoms. The maximum Gasteiger partial charge on any atom is 0.258 e. The van der Waals surface area contributed by atoms with Crippen LogP contribution in [0.2, 0.25) is 0 Å². The first kappa shape index (κ1) is 32.4. The normalized spacial score (nSPS) is 12.2. The van der Waals surface area contributed by atoms with E-state index >= 15 is 0 Å². The zero-order valence-corrected chi connectivity index (χ0v) is 29.0. The molecule has 0 fully saturated rings. The number of carbonyl (C=O) groups is 1. The second-order valence-electron chi connectivity index (χ2n) is 9.00. The lowest BCUT2D eigenvalue weighted by atomic mass is 10.1. The van der Waals surface area contributed by atoms with Crippen LogP contribution in [0.1, 0.15) is 16.7 Å². The number of nitrogens with one attached hydrogen (secondary N) is 2. The van der Waals surface area contributed by atoms with E-state index in [0.29, 0.717) is 23.7 Å². The molecule has 218 valence electrons. The third kappa shape index (κ3) is 9.23. The second kappa shape index (κ2) is 15.3. The van der Waals surface area contributed by atoms with Gasteiger partial charge in [-0.15, -0.1) is 0 Å². The van der Waals surface area contributed by atoms with Gasteiger partial charge in [-0.25, -0.2) is 13.8 Å². The summed E-state index contributed by atoms with van der Waals surface area (Å²) in [5.74, 6) is 0.509. The number of carbonyl (C=O) groups excluding carboxylic acids is 1. The summed E-state index contributed by atoms with van der Waals surface area (Å²) in [6.45, 7) is 0.365. The zero-order valence-electron chi connectivity index (χ0n) is 22.3. The average Bonchev–Trinajstić information content (AvgIpc) is 2.97. The molecule has 1 amide bonds. The summed E-state index contributed by atoms with van der Waals surface area (Å²) in [6, 6.07) is 25.9. The van der Waals surface area contributed by atoms with E-state index < -0.39 is 22.0 Å². The van der Waals surface area contributed by atoms with Crippen molar-refractivity contribution < 1.29 is 22.7 Å². The Morgan fingerprint density at radius 2 is 1.67 bits per heavy atom. The third-order valence-electron chi connectivity index (χ3n) is 5.96. The Morgan fingerprint density at radius 1 is 0.976 bits per heavy atom. The molecule has 0 radical (unpaired) electrons. The van der Waals surface area contributed by atoms with Gasteiger partial charge in [-0.2, -0.15) is 9.82 Å². The minimum Gasteiger partial charge on any atom is -0.493 e. The molecule has 12 heteroatoms.